The third-order valence-corrected chi connectivity index (χ3v) is 3.35. The molecule has 84 valence electrons. The summed E-state index contributed by atoms with van der Waals surface area (Å²) in [5.74, 6) is -0.823. The van der Waals surface area contributed by atoms with E-state index in [4.69, 9.17) is 5.11 Å². The van der Waals surface area contributed by atoms with Crippen LogP contribution >= 0.6 is 0 Å². The Morgan fingerprint density at radius 2 is 2.07 bits per heavy atom. The minimum Gasteiger partial charge on any atom is -0.481 e. The van der Waals surface area contributed by atoms with Crippen molar-refractivity contribution in [2.24, 2.45) is 0 Å². The van der Waals surface area contributed by atoms with Gasteiger partial charge in [0.05, 0.1) is 5.75 Å². The standard InChI is InChI=1S/C8H17NO4S/c1-3-6-14(12,13)9-7(2)4-5-8(10)11/h7,9H,3-6H2,1-2H3,(H,10,11). The SMILES string of the molecule is CCCS(=O)(=O)NC(C)CCC(=O)O. The third kappa shape index (κ3) is 6.85. The van der Waals surface area contributed by atoms with Gasteiger partial charge in [0.1, 0.15) is 0 Å². The predicted molar refractivity (Wildman–Crippen MR) is 53.5 cm³/mol. The molecule has 0 aromatic heterocycles. The number of sulfonamides is 1. The highest BCUT2D eigenvalue weighted by molar-refractivity contribution is 7.89. The Morgan fingerprint density at radius 1 is 1.50 bits per heavy atom. The van der Waals surface area contributed by atoms with Gasteiger partial charge in [-0.1, -0.05) is 6.92 Å². The molecule has 0 aliphatic rings. The Kier molecular flexibility index (Phi) is 5.71. The lowest BCUT2D eigenvalue weighted by Crippen LogP contribution is -2.34. The quantitative estimate of drug-likeness (QED) is 0.661. The van der Waals surface area contributed by atoms with Gasteiger partial charge in [-0.05, 0) is 19.8 Å². The number of carboxylic acid groups (broad SMARTS) is 1. The van der Waals surface area contributed by atoms with Gasteiger partial charge in [-0.3, -0.25) is 4.79 Å². The van der Waals surface area contributed by atoms with Crippen molar-refractivity contribution in [2.45, 2.75) is 39.2 Å². The lowest BCUT2D eigenvalue weighted by molar-refractivity contribution is -0.137. The van der Waals surface area contributed by atoms with Crippen LogP contribution in [0.25, 0.3) is 0 Å². The van der Waals surface area contributed by atoms with E-state index in [9.17, 15) is 13.2 Å². The summed E-state index contributed by atoms with van der Waals surface area (Å²) in [6.07, 6.45) is 0.856. The first-order valence-electron chi connectivity index (χ1n) is 4.59. The van der Waals surface area contributed by atoms with Gasteiger partial charge in [-0.2, -0.15) is 0 Å². The average molecular weight is 223 g/mol. The Labute approximate surface area is 84.6 Å². The molecular formula is C8H17NO4S. The van der Waals surface area contributed by atoms with E-state index in [1.165, 1.54) is 0 Å². The zero-order chi connectivity index (χ0) is 11.2. The molecule has 0 fully saturated rings. The highest BCUT2D eigenvalue weighted by Gasteiger charge is 2.13. The number of nitrogens with one attached hydrogen (secondary N) is 1. The second-order valence-corrected chi connectivity index (χ2v) is 5.14. The van der Waals surface area contributed by atoms with Crippen LogP contribution in [0.15, 0.2) is 0 Å². The van der Waals surface area contributed by atoms with Crippen molar-refractivity contribution >= 4 is 16.0 Å². The van der Waals surface area contributed by atoms with Gasteiger partial charge in [0.15, 0.2) is 0 Å². The largest absolute Gasteiger partial charge is 0.481 e. The number of aliphatic carboxylic acids is 1. The van der Waals surface area contributed by atoms with Gasteiger partial charge >= 0.3 is 5.97 Å². The molecular weight excluding hydrogens is 206 g/mol. The van der Waals surface area contributed by atoms with Gasteiger partial charge < -0.3 is 5.11 Å². The number of hydrogen-bond acceptors (Lipinski definition) is 3. The molecule has 14 heavy (non-hydrogen) atoms. The second kappa shape index (κ2) is 5.98. The normalized spacial score (nSPS) is 13.9. The molecule has 5 nitrogen and oxygen atoms in total. The van der Waals surface area contributed by atoms with Gasteiger partial charge in [0, 0.05) is 12.5 Å². The molecule has 0 radical (unpaired) electrons. The fraction of sp³-hybridized carbons (Fsp3) is 0.875. The van der Waals surface area contributed by atoms with E-state index < -0.39 is 16.0 Å². The van der Waals surface area contributed by atoms with Gasteiger partial charge in [-0.25, -0.2) is 13.1 Å². The number of rotatable bonds is 7. The highest BCUT2D eigenvalue weighted by atomic mass is 32.2. The molecule has 0 saturated heterocycles. The van der Waals surface area contributed by atoms with Crippen molar-refractivity contribution in [2.75, 3.05) is 5.75 Å². The Hall–Kier alpha value is -0.620. The number of carboxylic acids is 1. The lowest BCUT2D eigenvalue weighted by Gasteiger charge is -2.12. The maximum Gasteiger partial charge on any atom is 0.303 e. The minimum atomic E-state index is -3.22. The van der Waals surface area contributed by atoms with Gasteiger partial charge in [-0.15, -0.1) is 0 Å². The molecule has 0 heterocycles. The van der Waals surface area contributed by atoms with Crippen LogP contribution in [0.4, 0.5) is 0 Å². The monoisotopic (exact) mass is 223 g/mol. The predicted octanol–water partition coefficient (Wildman–Crippen LogP) is 0.569. The molecule has 0 spiro atoms. The third-order valence-electron chi connectivity index (χ3n) is 1.64. The van der Waals surface area contributed by atoms with Crippen molar-refractivity contribution in [3.8, 4) is 0 Å². The van der Waals surface area contributed by atoms with Gasteiger partial charge in [0.2, 0.25) is 10.0 Å². The molecule has 1 atom stereocenters. The van der Waals surface area contributed by atoms with Crippen LogP contribution in [-0.2, 0) is 14.8 Å². The summed E-state index contributed by atoms with van der Waals surface area (Å²) >= 11 is 0. The molecule has 0 rings (SSSR count). The van der Waals surface area contributed by atoms with Crippen LogP contribution in [-0.4, -0.2) is 31.3 Å². The van der Waals surface area contributed by atoms with Gasteiger partial charge in [0.25, 0.3) is 0 Å². The zero-order valence-corrected chi connectivity index (χ0v) is 9.30. The van der Waals surface area contributed by atoms with Crippen molar-refractivity contribution in [3.63, 3.8) is 0 Å². The zero-order valence-electron chi connectivity index (χ0n) is 8.49. The molecule has 2 N–H and O–H groups in total. The number of carbonyl (C=O) groups is 1. The summed E-state index contributed by atoms with van der Waals surface area (Å²) in [6.45, 7) is 3.44. The first kappa shape index (κ1) is 13.4. The van der Waals surface area contributed by atoms with E-state index in [-0.39, 0.29) is 18.2 Å². The van der Waals surface area contributed by atoms with Crippen molar-refractivity contribution < 1.29 is 18.3 Å². The summed E-state index contributed by atoms with van der Waals surface area (Å²) < 4.78 is 24.9. The van der Waals surface area contributed by atoms with Crippen molar-refractivity contribution in [3.05, 3.63) is 0 Å². The van der Waals surface area contributed by atoms with E-state index >= 15 is 0 Å². The number of hydrogen-bond donors (Lipinski definition) is 2. The van der Waals surface area contributed by atoms with Crippen molar-refractivity contribution in [1.82, 2.24) is 4.72 Å². The summed E-state index contributed by atoms with van der Waals surface area (Å²) in [6, 6.07) is -0.317. The molecule has 0 aliphatic heterocycles. The molecule has 0 amide bonds. The van der Waals surface area contributed by atoms with Crippen LogP contribution < -0.4 is 4.72 Å². The van der Waals surface area contributed by atoms with Crippen LogP contribution in [0.1, 0.15) is 33.1 Å². The van der Waals surface area contributed by atoms with Crippen LogP contribution in [0.5, 0.6) is 0 Å². The molecule has 6 heteroatoms. The van der Waals surface area contributed by atoms with E-state index in [2.05, 4.69) is 4.72 Å². The molecule has 1 unspecified atom stereocenters. The fourth-order valence-corrected chi connectivity index (χ4v) is 2.42. The maximum absolute atomic E-state index is 11.2. The minimum absolute atomic E-state index is 0.0180. The molecule has 0 aliphatic carbocycles. The molecule has 0 bridgehead atoms. The Bertz CT molecular complexity index is 273. The Morgan fingerprint density at radius 3 is 2.50 bits per heavy atom. The second-order valence-electron chi connectivity index (χ2n) is 3.27. The smallest absolute Gasteiger partial charge is 0.303 e. The Balaban J connectivity index is 3.93. The summed E-state index contributed by atoms with van der Waals surface area (Å²) in [7, 11) is -3.22. The van der Waals surface area contributed by atoms with E-state index in [0.717, 1.165) is 0 Å². The molecule has 0 aromatic rings. The van der Waals surface area contributed by atoms with Crippen LogP contribution in [0.2, 0.25) is 0 Å². The van der Waals surface area contributed by atoms with Crippen molar-refractivity contribution in [1.29, 1.82) is 0 Å². The lowest BCUT2D eigenvalue weighted by atomic mass is 10.2. The van der Waals surface area contributed by atoms with E-state index in [1.54, 1.807) is 13.8 Å². The average Bonchev–Trinajstić information content (AvgIpc) is 1.99. The maximum atomic E-state index is 11.2. The first-order chi connectivity index (χ1) is 6.37. The van der Waals surface area contributed by atoms with E-state index in [0.29, 0.717) is 12.8 Å². The molecule has 0 aromatic carbocycles. The van der Waals surface area contributed by atoms with Crippen LogP contribution in [0, 0.1) is 0 Å². The van der Waals surface area contributed by atoms with Crippen LogP contribution in [0.3, 0.4) is 0 Å². The summed E-state index contributed by atoms with van der Waals surface area (Å²) in [4.78, 5) is 10.2. The first-order valence-corrected chi connectivity index (χ1v) is 6.24. The van der Waals surface area contributed by atoms with E-state index in [1.807, 2.05) is 0 Å². The molecule has 0 saturated carbocycles. The summed E-state index contributed by atoms with van der Waals surface area (Å²) in [5.41, 5.74) is 0. The highest BCUT2D eigenvalue weighted by Crippen LogP contribution is 1.99. The topological polar surface area (TPSA) is 83.5 Å². The fourth-order valence-electron chi connectivity index (χ4n) is 1.03. The summed E-state index contributed by atoms with van der Waals surface area (Å²) in [5, 5.41) is 8.39.